The van der Waals surface area contributed by atoms with E-state index in [4.69, 9.17) is 9.05 Å². The number of carbonyl (C=O) groups excluding carboxylic acids is 1. The Kier molecular flexibility index (Phi) is 9.28. The molecular formula is C24H32N5O5P. The van der Waals surface area contributed by atoms with Gasteiger partial charge in [0.15, 0.2) is 17.0 Å². The number of fused-ring (bicyclic) bond motifs is 1. The van der Waals surface area contributed by atoms with Crippen LogP contribution in [0.15, 0.2) is 54.9 Å². The Morgan fingerprint density at radius 2 is 1.80 bits per heavy atom. The van der Waals surface area contributed by atoms with E-state index in [1.165, 1.54) is 12.1 Å². The van der Waals surface area contributed by atoms with Crippen LogP contribution in [-0.2, 0) is 20.2 Å². The number of hydrogen-bond donors (Lipinski definition) is 2. The summed E-state index contributed by atoms with van der Waals surface area (Å²) in [6.45, 7) is 7.59. The molecule has 1 unspecified atom stereocenters. The zero-order valence-corrected chi connectivity index (χ0v) is 21.3. The fourth-order valence-electron chi connectivity index (χ4n) is 3.34. The molecule has 2 heterocycles. The Hall–Kier alpha value is -2.91. The van der Waals surface area contributed by atoms with E-state index in [0.717, 1.165) is 0 Å². The average Bonchev–Trinajstić information content (AvgIpc) is 3.21. The van der Waals surface area contributed by atoms with Crippen molar-refractivity contribution in [3.05, 3.63) is 60.4 Å². The van der Waals surface area contributed by atoms with Gasteiger partial charge in [0.1, 0.15) is 6.33 Å². The third-order valence-corrected chi connectivity index (χ3v) is 6.79. The van der Waals surface area contributed by atoms with Gasteiger partial charge in [-0.2, -0.15) is 0 Å². The van der Waals surface area contributed by atoms with Crippen molar-refractivity contribution in [2.75, 3.05) is 5.32 Å². The van der Waals surface area contributed by atoms with E-state index in [0.29, 0.717) is 35.5 Å². The van der Waals surface area contributed by atoms with Gasteiger partial charge in [0.25, 0.3) is 5.91 Å². The molecule has 1 amide bonds. The van der Waals surface area contributed by atoms with Crippen molar-refractivity contribution in [1.82, 2.24) is 19.5 Å². The minimum absolute atomic E-state index is 0.256. The molecule has 0 saturated carbocycles. The first-order valence-corrected chi connectivity index (χ1v) is 13.1. The summed E-state index contributed by atoms with van der Waals surface area (Å²) in [7, 11) is -3.39. The number of carbonyl (C=O) groups is 1. The van der Waals surface area contributed by atoms with Gasteiger partial charge in [-0.25, -0.2) is 15.0 Å². The Morgan fingerprint density at radius 3 is 2.46 bits per heavy atom. The van der Waals surface area contributed by atoms with Crippen LogP contribution in [0.1, 0.15) is 50.9 Å². The van der Waals surface area contributed by atoms with Crippen molar-refractivity contribution in [1.29, 1.82) is 0 Å². The molecule has 0 fully saturated rings. The van der Waals surface area contributed by atoms with Crippen LogP contribution in [0.3, 0.4) is 0 Å². The van der Waals surface area contributed by atoms with Crippen molar-refractivity contribution >= 4 is 30.5 Å². The Bertz CT molecular complexity index is 1180. The normalized spacial score (nSPS) is 13.2. The summed E-state index contributed by atoms with van der Waals surface area (Å²) in [5, 5.41) is 13.2. The molecule has 0 bridgehead atoms. The van der Waals surface area contributed by atoms with Gasteiger partial charge in [-0.1, -0.05) is 24.3 Å². The monoisotopic (exact) mass is 501 g/mol. The van der Waals surface area contributed by atoms with Gasteiger partial charge in [-0.15, -0.1) is 0 Å². The molecular weight excluding hydrogens is 469 g/mol. The molecule has 0 aliphatic heterocycles. The van der Waals surface area contributed by atoms with Gasteiger partial charge in [0, 0.05) is 17.9 Å². The quantitative estimate of drug-likeness (QED) is 0.340. The van der Waals surface area contributed by atoms with Crippen LogP contribution in [0, 0.1) is 0 Å². The molecule has 0 radical (unpaired) electrons. The largest absolute Gasteiger partial charge is 0.393 e. The van der Waals surface area contributed by atoms with Crippen LogP contribution in [0.2, 0.25) is 0 Å². The maximum absolute atomic E-state index is 12.8. The average molecular weight is 502 g/mol. The van der Waals surface area contributed by atoms with Crippen molar-refractivity contribution in [2.45, 2.75) is 65.4 Å². The maximum Gasteiger partial charge on any atom is 0.354 e. The van der Waals surface area contributed by atoms with Crippen LogP contribution in [0.4, 0.5) is 5.82 Å². The highest BCUT2D eigenvalue weighted by molar-refractivity contribution is 7.57. The topological polar surface area (TPSA) is 128 Å². The van der Waals surface area contributed by atoms with Gasteiger partial charge in [0.2, 0.25) is 0 Å². The summed E-state index contributed by atoms with van der Waals surface area (Å²) in [6, 6.07) is 8.83. The number of benzene rings is 1. The van der Waals surface area contributed by atoms with Crippen LogP contribution < -0.4 is 5.32 Å². The third kappa shape index (κ3) is 7.80. The second kappa shape index (κ2) is 12.2. The smallest absolute Gasteiger partial charge is 0.354 e. The predicted octanol–water partition coefficient (Wildman–Crippen LogP) is 4.78. The first-order chi connectivity index (χ1) is 16.7. The van der Waals surface area contributed by atoms with Crippen LogP contribution >= 0.6 is 7.60 Å². The zero-order chi connectivity index (χ0) is 25.4. The first-order valence-electron chi connectivity index (χ1n) is 11.5. The number of nitrogens with zero attached hydrogens (tertiary/aromatic N) is 4. The molecule has 3 aromatic rings. The minimum Gasteiger partial charge on any atom is -0.393 e. The molecule has 0 saturated heterocycles. The van der Waals surface area contributed by atoms with Gasteiger partial charge >= 0.3 is 7.60 Å². The Morgan fingerprint density at radius 1 is 1.11 bits per heavy atom. The number of aromatic nitrogens is 4. The molecule has 3 rings (SSSR count). The van der Waals surface area contributed by atoms with Gasteiger partial charge in [-0.3, -0.25) is 9.36 Å². The SMILES string of the molecule is CC(C)OP(=O)(/C=C/CC(O)CCn1cnc2c(NC(=O)c3ccccc3)ncnc21)OC(C)C. The van der Waals surface area contributed by atoms with Crippen molar-refractivity contribution in [2.24, 2.45) is 0 Å². The lowest BCUT2D eigenvalue weighted by Crippen LogP contribution is -2.13. The van der Waals surface area contributed by atoms with E-state index in [1.807, 2.05) is 6.07 Å². The van der Waals surface area contributed by atoms with Crippen LogP contribution in [0.25, 0.3) is 11.2 Å². The number of aryl methyl sites for hydroxylation is 1. The lowest BCUT2D eigenvalue weighted by atomic mass is 10.2. The fraction of sp³-hybridized carbons (Fsp3) is 0.417. The second-order valence-corrected chi connectivity index (χ2v) is 10.4. The van der Waals surface area contributed by atoms with E-state index in [-0.39, 0.29) is 24.5 Å². The summed E-state index contributed by atoms with van der Waals surface area (Å²) in [5.74, 6) is 1.44. The standard InChI is InChI=1S/C24H32N5O5P/c1-17(2)33-35(32,34-18(3)4)14-8-11-20(30)12-13-29-16-27-21-22(25-15-26-23(21)29)28-24(31)19-9-6-5-7-10-19/h5-10,14-18,20,30H,11-13H2,1-4H3,(H,25,26,28,31)/b14-8+. The summed E-state index contributed by atoms with van der Waals surface area (Å²) >= 11 is 0. The van der Waals surface area contributed by atoms with Crippen LogP contribution in [0.5, 0.6) is 0 Å². The predicted molar refractivity (Wildman–Crippen MR) is 134 cm³/mol. The van der Waals surface area contributed by atoms with E-state index >= 15 is 0 Å². The number of aliphatic hydroxyl groups excluding tert-OH is 1. The summed E-state index contributed by atoms with van der Waals surface area (Å²) in [4.78, 5) is 25.3. The van der Waals surface area contributed by atoms with Gasteiger partial charge in [-0.05, 0) is 52.7 Å². The number of aliphatic hydroxyl groups is 1. The molecule has 0 aliphatic carbocycles. The minimum atomic E-state index is -3.39. The van der Waals surface area contributed by atoms with Crippen molar-refractivity contribution in [3.8, 4) is 0 Å². The molecule has 10 nitrogen and oxygen atoms in total. The molecule has 11 heteroatoms. The summed E-state index contributed by atoms with van der Waals surface area (Å²) < 4.78 is 25.6. The molecule has 188 valence electrons. The molecule has 1 atom stereocenters. The molecule has 0 spiro atoms. The highest BCUT2D eigenvalue weighted by Gasteiger charge is 2.24. The second-order valence-electron chi connectivity index (χ2n) is 8.56. The van der Waals surface area contributed by atoms with E-state index in [1.54, 1.807) is 68.9 Å². The third-order valence-electron chi connectivity index (χ3n) is 4.78. The first kappa shape index (κ1) is 26.7. The summed E-state index contributed by atoms with van der Waals surface area (Å²) in [6.07, 6.45) is 4.08. The van der Waals surface area contributed by atoms with E-state index < -0.39 is 13.7 Å². The molecule has 1 aromatic carbocycles. The molecule has 0 aliphatic rings. The molecule has 2 N–H and O–H groups in total. The highest BCUT2D eigenvalue weighted by Crippen LogP contribution is 2.52. The number of amides is 1. The lowest BCUT2D eigenvalue weighted by Gasteiger charge is -2.20. The van der Waals surface area contributed by atoms with Crippen molar-refractivity contribution < 1.29 is 23.5 Å². The Labute approximate surface area is 204 Å². The summed E-state index contributed by atoms with van der Waals surface area (Å²) in [5.41, 5.74) is 1.52. The zero-order valence-electron chi connectivity index (χ0n) is 20.4. The molecule has 35 heavy (non-hydrogen) atoms. The number of imidazole rings is 1. The Balaban J connectivity index is 1.61. The highest BCUT2D eigenvalue weighted by atomic mass is 31.2. The maximum atomic E-state index is 12.8. The number of nitrogens with one attached hydrogen (secondary N) is 1. The van der Waals surface area contributed by atoms with Crippen LogP contribution in [-0.4, -0.2) is 48.8 Å². The number of anilines is 1. The molecule has 2 aromatic heterocycles. The van der Waals surface area contributed by atoms with Gasteiger partial charge in [0.05, 0.1) is 24.6 Å². The number of rotatable bonds is 12. The number of hydrogen-bond acceptors (Lipinski definition) is 8. The lowest BCUT2D eigenvalue weighted by molar-refractivity contribution is 0.102. The van der Waals surface area contributed by atoms with E-state index in [9.17, 15) is 14.5 Å². The van der Waals surface area contributed by atoms with Gasteiger partial charge < -0.3 is 24.0 Å². The fourth-order valence-corrected chi connectivity index (χ4v) is 5.09. The van der Waals surface area contributed by atoms with E-state index in [2.05, 4.69) is 20.3 Å². The van der Waals surface area contributed by atoms with Crippen molar-refractivity contribution in [3.63, 3.8) is 0 Å².